The summed E-state index contributed by atoms with van der Waals surface area (Å²) in [5.41, 5.74) is 1.48. The number of benzene rings is 1. The second kappa shape index (κ2) is 10.2. The number of nitrogens with one attached hydrogen (secondary N) is 2. The van der Waals surface area contributed by atoms with Crippen molar-refractivity contribution < 1.29 is 19.4 Å². The smallest absolute Gasteiger partial charge is 0.238 e. The van der Waals surface area contributed by atoms with Gasteiger partial charge in [0.15, 0.2) is 0 Å². The maximum Gasteiger partial charge on any atom is 0.238 e. The molecular weight excluding hydrogens is 348 g/mol. The number of ether oxygens (including phenoxy) is 2. The van der Waals surface area contributed by atoms with Crippen molar-refractivity contribution in [3.05, 3.63) is 30.3 Å². The van der Waals surface area contributed by atoms with Crippen LogP contribution < -0.4 is 15.5 Å². The molecule has 1 aromatic heterocycles. The molecule has 1 aliphatic heterocycles. The standard InChI is InChI=1S/C19H26N4O4/c24-9-13-26-10-6-20-14-18(25)21-16-3-1-2-15-4-5-17(22-19(15)16)23-7-11-27-12-8-23/h1-5,20,24H,6-14H2,(H,21,25). The lowest BCUT2D eigenvalue weighted by molar-refractivity contribution is -0.115. The molecule has 146 valence electrons. The maximum absolute atomic E-state index is 12.2. The predicted octanol–water partition coefficient (Wildman–Crippen LogP) is 0.608. The van der Waals surface area contributed by atoms with Gasteiger partial charge in [0.2, 0.25) is 5.91 Å². The minimum atomic E-state index is -0.136. The number of rotatable bonds is 9. The predicted molar refractivity (Wildman–Crippen MR) is 104 cm³/mol. The van der Waals surface area contributed by atoms with Crippen LogP contribution in [0.4, 0.5) is 11.5 Å². The summed E-state index contributed by atoms with van der Waals surface area (Å²) in [4.78, 5) is 19.2. The topological polar surface area (TPSA) is 96.0 Å². The van der Waals surface area contributed by atoms with Crippen molar-refractivity contribution >= 4 is 28.3 Å². The van der Waals surface area contributed by atoms with E-state index in [1.54, 1.807) is 0 Å². The highest BCUT2D eigenvalue weighted by atomic mass is 16.5. The molecule has 0 aliphatic carbocycles. The number of anilines is 2. The molecule has 2 aromatic rings. The van der Waals surface area contributed by atoms with Gasteiger partial charge >= 0.3 is 0 Å². The number of nitrogens with zero attached hydrogens (tertiary/aromatic N) is 2. The fourth-order valence-electron chi connectivity index (χ4n) is 2.91. The van der Waals surface area contributed by atoms with Gasteiger partial charge in [0.1, 0.15) is 5.82 Å². The zero-order chi connectivity index (χ0) is 18.9. The number of carbonyl (C=O) groups is 1. The molecule has 0 saturated carbocycles. The van der Waals surface area contributed by atoms with E-state index >= 15 is 0 Å². The summed E-state index contributed by atoms with van der Waals surface area (Å²) in [7, 11) is 0. The Morgan fingerprint density at radius 2 is 2.07 bits per heavy atom. The number of pyridine rings is 1. The molecule has 1 aromatic carbocycles. The van der Waals surface area contributed by atoms with Gasteiger partial charge in [-0.15, -0.1) is 0 Å². The molecule has 3 N–H and O–H groups in total. The summed E-state index contributed by atoms with van der Waals surface area (Å²) >= 11 is 0. The number of fused-ring (bicyclic) bond motifs is 1. The molecule has 1 fully saturated rings. The van der Waals surface area contributed by atoms with E-state index in [9.17, 15) is 4.79 Å². The SMILES string of the molecule is O=C(CNCCOCCO)Nc1cccc2ccc(N3CCOCC3)nc12. The van der Waals surface area contributed by atoms with Crippen molar-refractivity contribution in [3.63, 3.8) is 0 Å². The Hall–Kier alpha value is -2.26. The molecule has 2 heterocycles. The highest BCUT2D eigenvalue weighted by Gasteiger charge is 2.14. The zero-order valence-corrected chi connectivity index (χ0v) is 15.3. The summed E-state index contributed by atoms with van der Waals surface area (Å²) in [6.07, 6.45) is 0. The average Bonchev–Trinajstić information content (AvgIpc) is 2.71. The highest BCUT2D eigenvalue weighted by Crippen LogP contribution is 2.25. The molecule has 27 heavy (non-hydrogen) atoms. The van der Waals surface area contributed by atoms with Crippen molar-refractivity contribution in [3.8, 4) is 0 Å². The second-order valence-electron chi connectivity index (χ2n) is 6.21. The first kappa shape index (κ1) is 19.5. The number of carbonyl (C=O) groups excluding carboxylic acids is 1. The number of aliphatic hydroxyl groups excluding tert-OH is 1. The van der Waals surface area contributed by atoms with Gasteiger partial charge in [-0.05, 0) is 18.2 Å². The summed E-state index contributed by atoms with van der Waals surface area (Å²) in [5, 5.41) is 15.6. The van der Waals surface area contributed by atoms with E-state index in [2.05, 4.69) is 15.5 Å². The quantitative estimate of drug-likeness (QED) is 0.554. The van der Waals surface area contributed by atoms with Gasteiger partial charge in [-0.1, -0.05) is 12.1 Å². The van der Waals surface area contributed by atoms with Crippen LogP contribution in [-0.2, 0) is 14.3 Å². The van der Waals surface area contributed by atoms with Crippen molar-refractivity contribution in [2.45, 2.75) is 0 Å². The first-order chi connectivity index (χ1) is 13.3. The molecule has 8 nitrogen and oxygen atoms in total. The molecule has 1 saturated heterocycles. The van der Waals surface area contributed by atoms with Gasteiger partial charge < -0.3 is 30.1 Å². The van der Waals surface area contributed by atoms with Crippen LogP contribution in [0.15, 0.2) is 30.3 Å². The Balaban J connectivity index is 1.62. The van der Waals surface area contributed by atoms with E-state index in [1.807, 2.05) is 30.3 Å². The van der Waals surface area contributed by atoms with Crippen molar-refractivity contribution in [2.75, 3.05) is 69.4 Å². The Morgan fingerprint density at radius 3 is 2.89 bits per heavy atom. The maximum atomic E-state index is 12.2. The van der Waals surface area contributed by atoms with Crippen LogP contribution in [0.3, 0.4) is 0 Å². The number of amides is 1. The monoisotopic (exact) mass is 374 g/mol. The average molecular weight is 374 g/mol. The van der Waals surface area contributed by atoms with Crippen LogP contribution in [0.25, 0.3) is 10.9 Å². The normalized spacial score (nSPS) is 14.5. The van der Waals surface area contributed by atoms with Crippen LogP contribution in [0, 0.1) is 0 Å². The van der Waals surface area contributed by atoms with Gasteiger partial charge in [0, 0.05) is 25.0 Å². The summed E-state index contributed by atoms with van der Waals surface area (Å²) in [5.74, 6) is 0.759. The van der Waals surface area contributed by atoms with Crippen molar-refractivity contribution in [1.82, 2.24) is 10.3 Å². The molecule has 1 aliphatic rings. The third-order valence-corrected chi connectivity index (χ3v) is 4.26. The first-order valence-electron chi connectivity index (χ1n) is 9.19. The number of morpholine rings is 1. The number of para-hydroxylation sites is 1. The molecular formula is C19H26N4O4. The van der Waals surface area contributed by atoms with E-state index in [0.717, 1.165) is 29.8 Å². The lowest BCUT2D eigenvalue weighted by atomic mass is 10.2. The molecule has 0 atom stereocenters. The summed E-state index contributed by atoms with van der Waals surface area (Å²) < 4.78 is 10.5. The highest BCUT2D eigenvalue weighted by molar-refractivity contribution is 6.01. The molecule has 0 radical (unpaired) electrons. The van der Waals surface area contributed by atoms with Crippen LogP contribution in [0.5, 0.6) is 0 Å². The van der Waals surface area contributed by atoms with Crippen LogP contribution in [-0.4, -0.2) is 75.2 Å². The van der Waals surface area contributed by atoms with E-state index in [-0.39, 0.29) is 19.1 Å². The lowest BCUT2D eigenvalue weighted by Gasteiger charge is -2.28. The van der Waals surface area contributed by atoms with Gasteiger partial charge in [0.05, 0.1) is 50.8 Å². The number of aliphatic hydroxyl groups is 1. The second-order valence-corrected chi connectivity index (χ2v) is 6.21. The molecule has 0 bridgehead atoms. The Morgan fingerprint density at radius 1 is 1.22 bits per heavy atom. The number of aromatic nitrogens is 1. The van der Waals surface area contributed by atoms with E-state index in [4.69, 9.17) is 19.6 Å². The van der Waals surface area contributed by atoms with E-state index in [1.165, 1.54) is 0 Å². The van der Waals surface area contributed by atoms with Crippen molar-refractivity contribution in [1.29, 1.82) is 0 Å². The fraction of sp³-hybridized carbons (Fsp3) is 0.474. The minimum absolute atomic E-state index is 0.00100. The lowest BCUT2D eigenvalue weighted by Crippen LogP contribution is -2.36. The largest absolute Gasteiger partial charge is 0.394 e. The molecule has 0 unspecified atom stereocenters. The van der Waals surface area contributed by atoms with Gasteiger partial charge in [-0.3, -0.25) is 4.79 Å². The minimum Gasteiger partial charge on any atom is -0.394 e. The van der Waals surface area contributed by atoms with E-state index < -0.39 is 0 Å². The Bertz CT molecular complexity index is 750. The Kier molecular flexibility index (Phi) is 7.35. The van der Waals surface area contributed by atoms with Crippen LogP contribution in [0.1, 0.15) is 0 Å². The molecule has 8 heteroatoms. The fourth-order valence-corrected chi connectivity index (χ4v) is 2.91. The number of hydrogen-bond acceptors (Lipinski definition) is 7. The van der Waals surface area contributed by atoms with Gasteiger partial charge in [-0.2, -0.15) is 0 Å². The summed E-state index contributed by atoms with van der Waals surface area (Å²) in [6, 6.07) is 9.79. The van der Waals surface area contributed by atoms with Crippen LogP contribution >= 0.6 is 0 Å². The van der Waals surface area contributed by atoms with Gasteiger partial charge in [-0.25, -0.2) is 4.98 Å². The first-order valence-corrected chi connectivity index (χ1v) is 9.19. The third kappa shape index (κ3) is 5.61. The Labute approximate surface area is 158 Å². The van der Waals surface area contributed by atoms with Crippen molar-refractivity contribution in [2.24, 2.45) is 0 Å². The zero-order valence-electron chi connectivity index (χ0n) is 15.3. The molecule has 0 spiro atoms. The number of hydrogen-bond donors (Lipinski definition) is 3. The van der Waals surface area contributed by atoms with E-state index in [0.29, 0.717) is 38.7 Å². The molecule has 3 rings (SSSR count). The van der Waals surface area contributed by atoms with Gasteiger partial charge in [0.25, 0.3) is 0 Å². The summed E-state index contributed by atoms with van der Waals surface area (Å²) in [6.45, 7) is 4.52. The molecule has 1 amide bonds. The van der Waals surface area contributed by atoms with Crippen LogP contribution in [0.2, 0.25) is 0 Å². The third-order valence-electron chi connectivity index (χ3n) is 4.26.